The maximum absolute atomic E-state index is 13.2. The van der Waals surface area contributed by atoms with E-state index in [0.717, 1.165) is 64.6 Å². The van der Waals surface area contributed by atoms with Crippen LogP contribution >= 0.6 is 0 Å². The number of carbonyl (C=O) groups excluding carboxylic acids is 1. The Balaban J connectivity index is 0.000000246. The average Bonchev–Trinajstić information content (AvgIpc) is 1.57. The number of aromatic nitrogens is 18. The summed E-state index contributed by atoms with van der Waals surface area (Å²) < 4.78 is 121. The number of rotatable bonds is 13. The average molecular weight is 3010 g/mol. The number of aliphatic hydroxyl groups excluding tert-OH is 1. The van der Waals surface area contributed by atoms with Crippen molar-refractivity contribution in [1.29, 1.82) is 0 Å². The molecule has 2 N–H and O–H groups in total. The third kappa shape index (κ3) is 34.7. The first-order valence-corrected chi connectivity index (χ1v) is 41.4. The fourth-order valence-electron chi connectivity index (χ4n) is 12.5. The van der Waals surface area contributed by atoms with Crippen LogP contribution in [0.2, 0.25) is 0 Å². The van der Waals surface area contributed by atoms with Crippen molar-refractivity contribution in [3.8, 4) is 67.8 Å². The van der Waals surface area contributed by atoms with Crippen molar-refractivity contribution in [2.24, 2.45) is 0 Å². The summed E-state index contributed by atoms with van der Waals surface area (Å²) in [5, 5.41) is 42.9. The predicted octanol–water partition coefficient (Wildman–Crippen LogP) is 21.9. The van der Waals surface area contributed by atoms with E-state index in [1.807, 2.05) is 152 Å². The second kappa shape index (κ2) is 60.8. The Hall–Kier alpha value is -14.4. The Bertz CT molecular complexity index is 6740. The van der Waals surface area contributed by atoms with Gasteiger partial charge in [-0.15, -0.1) is 114 Å². The van der Waals surface area contributed by atoms with E-state index in [9.17, 15) is 49.1 Å². The van der Waals surface area contributed by atoms with E-state index in [1.54, 1.807) is 147 Å². The van der Waals surface area contributed by atoms with E-state index in [1.165, 1.54) is 66.6 Å². The van der Waals surface area contributed by atoms with E-state index in [2.05, 4.69) is 179 Å². The molecule has 144 heavy (non-hydrogen) atoms. The number of ketones is 1. The van der Waals surface area contributed by atoms with Gasteiger partial charge in [0.2, 0.25) is 0 Å². The van der Waals surface area contributed by atoms with Crippen molar-refractivity contribution < 1.29 is 180 Å². The number of carbonyl (C=O) groups is 2. The third-order valence-electron chi connectivity index (χ3n) is 18.5. The zero-order chi connectivity index (χ0) is 97.4. The molecule has 0 unspecified atom stereocenters. The molecule has 1 aliphatic heterocycles. The zero-order valence-electron chi connectivity index (χ0n) is 75.2. The van der Waals surface area contributed by atoms with Gasteiger partial charge in [-0.05, 0) is 151 Å². The number of allylic oxidation sites excluding steroid dienone is 2. The molecule has 24 nitrogen and oxygen atoms in total. The molecule has 12 aromatic heterocycles. The first-order chi connectivity index (χ1) is 67.0. The van der Waals surface area contributed by atoms with Crippen LogP contribution < -0.4 is 14.9 Å². The molecule has 8 aromatic carbocycles. The van der Waals surface area contributed by atoms with Gasteiger partial charge in [-0.25, -0.2) is 28.5 Å². The first-order valence-electron chi connectivity index (χ1n) is 41.4. The van der Waals surface area contributed by atoms with Crippen molar-refractivity contribution >= 4 is 39.6 Å². The molecule has 13 heterocycles. The Kier molecular flexibility index (Phi) is 49.9. The summed E-state index contributed by atoms with van der Waals surface area (Å²) in [6.07, 6.45) is 22.1. The number of para-hydroxylation sites is 3. The third-order valence-corrected chi connectivity index (χ3v) is 18.5. The SMILES string of the molecule is CC(=O)C=C(C)O.CN1[CH-]N(c2[c-]cccc2)c2ccccc21.FC(F)(F)c1n[n-]c(-c2ccccn2)n1.Fc1c[c-]c(-c2ccccn2)c(F)c1.Fc1c[c-]c(-c2ccccn2)c(F)c1.Fc1c[c-]c(-c2ccccn2)c(F)c1.O=C(O)c1ccccn1.[Ir].[Ir].[Ir].[Ir].[Ir].[Ir].[c-]1ccccc1-c1cc2ccccc2cn1.[c-]1ccccc1-c1ccccn1.c1cnn(C(n2cccn2)(n2cccn2)n2cccn2)c1. The quantitative estimate of drug-likeness (QED) is 0.0469. The molecule has 0 saturated carbocycles. The van der Waals surface area contributed by atoms with Crippen LogP contribution in [-0.2, 0) is 138 Å². The molecule has 0 saturated heterocycles. The van der Waals surface area contributed by atoms with Gasteiger partial charge < -0.3 is 55.0 Å². The normalized spacial score (nSPS) is 10.5. The summed E-state index contributed by atoms with van der Waals surface area (Å²) in [4.78, 5) is 55.6. The summed E-state index contributed by atoms with van der Waals surface area (Å²) in [5.74, 6) is -7.27. The fraction of sp³-hybridized carbons (Fsp3) is 0.0476. The first kappa shape index (κ1) is 118. The molecule has 6 radical (unpaired) electrons. The second-order valence-corrected chi connectivity index (χ2v) is 28.3. The van der Waals surface area contributed by atoms with Crippen LogP contribution in [0.25, 0.3) is 78.6 Å². The molecule has 0 bridgehead atoms. The van der Waals surface area contributed by atoms with E-state index in [0.29, 0.717) is 17.1 Å². The Morgan fingerprint density at radius 1 is 0.389 bits per heavy atom. The number of alkyl halides is 3. The van der Waals surface area contributed by atoms with Crippen LogP contribution in [0.5, 0.6) is 0 Å². The summed E-state index contributed by atoms with van der Waals surface area (Å²) in [6, 6.07) is 103. The molecular weight excluding hydrogens is 2930 g/mol. The molecule has 0 fully saturated rings. The van der Waals surface area contributed by atoms with Gasteiger partial charge >= 0.3 is 18.1 Å². The number of nitrogens with zero attached hydrogens (tertiary/aromatic N) is 20. The van der Waals surface area contributed by atoms with Crippen molar-refractivity contribution in [2.75, 3.05) is 16.8 Å². The van der Waals surface area contributed by atoms with Crippen LogP contribution in [0.1, 0.15) is 30.2 Å². The van der Waals surface area contributed by atoms with Crippen LogP contribution in [0.15, 0.2) is 402 Å². The van der Waals surface area contributed by atoms with Gasteiger partial charge in [0, 0.05) is 266 Å². The summed E-state index contributed by atoms with van der Waals surface area (Å²) in [6.45, 7) is 4.93. The van der Waals surface area contributed by atoms with Crippen molar-refractivity contribution in [2.45, 2.75) is 25.9 Å². The van der Waals surface area contributed by atoms with Crippen molar-refractivity contribution in [3.63, 3.8) is 0 Å². The molecule has 0 atom stereocenters. The number of hydrogen-bond acceptors (Lipinski definition) is 18. The second-order valence-electron chi connectivity index (χ2n) is 28.3. The molecule has 21 rings (SSSR count). The standard InChI is InChI=1S/C15H10N.C14H12N2.C13H12N8.3C11H6F2N.C11H8N.C8H4F3N4.C6H5NO2.C5H8O2.6Ir/c1-2-6-12(7-3-1)15-10-13-8-4-5-9-14(13)11-16-15;1-15-11-16(12-7-3-2-4-8-12)14-10-6-5-9-13(14)15;1-5-14-18(9-1)13(19-10-2-6-15-19,20-11-3-7-16-20)21-12-4-8-17-21;3*12-8-4-5-9(10(13)7-8)11-3-1-2-6-14-11;1-2-6-10(7-3-1)11-8-4-5-9-12-11;9-8(10,11)7-13-6(14-15-7)5-3-1-2-4-12-5;8-6(9)5-3-1-2-4-7-5;1-4(6)3-5(2)7;;;;;;/h1-6,8-11H;2-7,9-11H,1H3;1-12H;3*1-4,6-7H;1-6,8-9H;1-4H;1-4H,(H,8,9);3,6H,1-2H3;;;;;;/q-1;-2;;5*-1;;;;;;;;. The van der Waals surface area contributed by atoms with E-state index in [4.69, 9.17) is 10.2 Å². The summed E-state index contributed by atoms with van der Waals surface area (Å²) in [5.41, 5.74) is 9.76. The van der Waals surface area contributed by atoms with Gasteiger partial charge in [0.15, 0.2) is 5.78 Å². The number of anilines is 3. The van der Waals surface area contributed by atoms with Gasteiger partial charge in [-0.1, -0.05) is 138 Å². The van der Waals surface area contributed by atoms with E-state index in [-0.39, 0.29) is 166 Å². The number of hydrogen-bond donors (Lipinski definition) is 2. The van der Waals surface area contributed by atoms with E-state index < -0.39 is 58.8 Å². The molecule has 1 aliphatic rings. The minimum atomic E-state index is -4.57. The largest absolute Gasteiger partial charge is 0.512 e. The number of aromatic carboxylic acids is 1. The van der Waals surface area contributed by atoms with Crippen molar-refractivity contribution in [1.82, 2.24) is 89.2 Å². The van der Waals surface area contributed by atoms with Gasteiger partial charge in [0.1, 0.15) is 11.5 Å². The summed E-state index contributed by atoms with van der Waals surface area (Å²) >= 11 is 0. The number of aliphatic hydroxyl groups is 1. The minimum Gasteiger partial charge on any atom is -0.512 e. The number of carboxylic acids is 1. The fourth-order valence-corrected chi connectivity index (χ4v) is 12.5. The topological polar surface area (TPSA) is 282 Å². The Labute approximate surface area is 903 Å². The van der Waals surface area contributed by atoms with Crippen LogP contribution in [0, 0.1) is 78.0 Å². The molecule has 746 valence electrons. The monoisotopic (exact) mass is 3010 g/mol. The Morgan fingerprint density at radius 3 is 1.10 bits per heavy atom. The minimum absolute atomic E-state index is 0. The number of carboxylic acid groups (broad SMARTS) is 1. The molecule has 0 spiro atoms. The van der Waals surface area contributed by atoms with Crippen LogP contribution in [0.4, 0.5) is 56.6 Å². The molecule has 39 heteroatoms. The molecular formula is C105H77F9Ir6N20O4-8. The van der Waals surface area contributed by atoms with Crippen molar-refractivity contribution in [3.05, 3.63) is 492 Å². The smallest absolute Gasteiger partial charge is 0.429 e. The maximum atomic E-state index is 13.2. The number of halogens is 9. The van der Waals surface area contributed by atoms with Gasteiger partial charge in [-0.3, -0.25) is 41.2 Å². The number of fused-ring (bicyclic) bond motifs is 2. The zero-order valence-corrected chi connectivity index (χ0v) is 89.5. The predicted molar refractivity (Wildman–Crippen MR) is 501 cm³/mol. The Morgan fingerprint density at radius 2 is 0.764 bits per heavy atom. The number of pyridine rings is 7. The van der Waals surface area contributed by atoms with E-state index >= 15 is 0 Å². The van der Waals surface area contributed by atoms with Gasteiger partial charge in [0.25, 0.3) is 0 Å². The van der Waals surface area contributed by atoms with Crippen LogP contribution in [-0.4, -0.2) is 113 Å². The van der Waals surface area contributed by atoms with Gasteiger partial charge in [-0.2, -0.15) is 70.6 Å². The number of benzene rings is 8. The van der Waals surface area contributed by atoms with Gasteiger partial charge in [0.05, 0.1) is 11.5 Å². The van der Waals surface area contributed by atoms with Crippen LogP contribution in [0.3, 0.4) is 0 Å². The maximum Gasteiger partial charge on any atom is 0.429 e. The summed E-state index contributed by atoms with van der Waals surface area (Å²) in [7, 11) is 2.06. The molecule has 0 aliphatic carbocycles. The molecule has 0 amide bonds. The molecule has 20 aromatic rings.